The van der Waals surface area contributed by atoms with E-state index in [4.69, 9.17) is 14.2 Å². The molecule has 338 valence electrons. The van der Waals surface area contributed by atoms with E-state index in [1.54, 1.807) is 0 Å². The van der Waals surface area contributed by atoms with Gasteiger partial charge in [-0.1, -0.05) is 234 Å². The molecule has 0 aromatic heterocycles. The van der Waals surface area contributed by atoms with E-state index in [9.17, 15) is 14.4 Å². The highest BCUT2D eigenvalue weighted by Gasteiger charge is 2.19. The van der Waals surface area contributed by atoms with Gasteiger partial charge in [-0.2, -0.15) is 0 Å². The van der Waals surface area contributed by atoms with Crippen molar-refractivity contribution in [3.05, 3.63) is 0 Å². The molecule has 0 aromatic carbocycles. The second kappa shape index (κ2) is 42.5. The second-order valence-corrected chi connectivity index (χ2v) is 18.6. The van der Waals surface area contributed by atoms with E-state index in [0.717, 1.165) is 75.5 Å². The van der Waals surface area contributed by atoms with Crippen LogP contribution in [0.2, 0.25) is 0 Å². The molecule has 2 atom stereocenters. The van der Waals surface area contributed by atoms with Crippen LogP contribution in [0.4, 0.5) is 0 Å². The molecule has 0 N–H and O–H groups in total. The summed E-state index contributed by atoms with van der Waals surface area (Å²) in [6, 6.07) is 0. The van der Waals surface area contributed by atoms with Crippen LogP contribution in [-0.2, 0) is 28.6 Å². The van der Waals surface area contributed by atoms with Crippen molar-refractivity contribution in [3.63, 3.8) is 0 Å². The summed E-state index contributed by atoms with van der Waals surface area (Å²) in [7, 11) is 0. The fourth-order valence-electron chi connectivity index (χ4n) is 7.55. The molecule has 0 spiro atoms. The number of rotatable bonds is 44. The van der Waals surface area contributed by atoms with Gasteiger partial charge in [0.25, 0.3) is 0 Å². The molecule has 0 aliphatic heterocycles. The molecular formula is C51H98O6. The van der Waals surface area contributed by atoms with Crippen molar-refractivity contribution in [2.75, 3.05) is 13.2 Å². The highest BCUT2D eigenvalue weighted by Crippen LogP contribution is 2.18. The van der Waals surface area contributed by atoms with Crippen molar-refractivity contribution < 1.29 is 28.6 Å². The topological polar surface area (TPSA) is 78.9 Å². The number of carbonyl (C=O) groups is 3. The summed E-state index contributed by atoms with van der Waals surface area (Å²) in [6.45, 7) is 13.7. The number of ether oxygens (including phenoxy) is 3. The number of esters is 3. The fourth-order valence-corrected chi connectivity index (χ4v) is 7.55. The molecule has 0 radical (unpaired) electrons. The van der Waals surface area contributed by atoms with Crippen LogP contribution < -0.4 is 0 Å². The lowest BCUT2D eigenvalue weighted by molar-refractivity contribution is -0.167. The van der Waals surface area contributed by atoms with Gasteiger partial charge in [0.05, 0.1) is 0 Å². The predicted molar refractivity (Wildman–Crippen MR) is 243 cm³/mol. The summed E-state index contributed by atoms with van der Waals surface area (Å²) >= 11 is 0. The standard InChI is InChI=1S/C51H98O6/c1-7-47(6)39-33-27-21-14-12-10-8-9-11-13-15-22-28-34-40-49(52)55-43-48(57-51(54)42-36-30-24-18-20-26-32-38-46(4)5)44-56-50(53)41-35-29-23-17-16-19-25-31-37-45(2)3/h45-48H,7-44H2,1-6H3/t47?,48-/m1/s1. The molecule has 0 aromatic rings. The Hall–Kier alpha value is -1.59. The van der Waals surface area contributed by atoms with Crippen LogP contribution in [0.5, 0.6) is 0 Å². The highest BCUT2D eigenvalue weighted by molar-refractivity contribution is 5.71. The average molecular weight is 807 g/mol. The smallest absolute Gasteiger partial charge is 0.306 e. The molecule has 0 bridgehead atoms. The third-order valence-electron chi connectivity index (χ3n) is 11.8. The van der Waals surface area contributed by atoms with Crippen LogP contribution in [0.15, 0.2) is 0 Å². The van der Waals surface area contributed by atoms with E-state index < -0.39 is 6.10 Å². The van der Waals surface area contributed by atoms with Crippen molar-refractivity contribution in [2.24, 2.45) is 17.8 Å². The largest absolute Gasteiger partial charge is 0.462 e. The number of hydrogen-bond donors (Lipinski definition) is 0. The van der Waals surface area contributed by atoms with Crippen LogP contribution in [0.3, 0.4) is 0 Å². The molecule has 6 heteroatoms. The van der Waals surface area contributed by atoms with Crippen molar-refractivity contribution >= 4 is 17.9 Å². The Labute approximate surface area is 355 Å². The van der Waals surface area contributed by atoms with Gasteiger partial charge in [-0.05, 0) is 37.0 Å². The van der Waals surface area contributed by atoms with Crippen LogP contribution in [-0.4, -0.2) is 37.2 Å². The quantitative estimate of drug-likeness (QED) is 0.0347. The van der Waals surface area contributed by atoms with Gasteiger partial charge in [-0.25, -0.2) is 0 Å². The van der Waals surface area contributed by atoms with Gasteiger partial charge in [0.15, 0.2) is 6.10 Å². The molecule has 6 nitrogen and oxygen atoms in total. The zero-order chi connectivity index (χ0) is 42.0. The summed E-state index contributed by atoms with van der Waals surface area (Å²) in [5.41, 5.74) is 0. The Morgan fingerprint density at radius 2 is 0.614 bits per heavy atom. The van der Waals surface area contributed by atoms with Gasteiger partial charge in [0, 0.05) is 19.3 Å². The zero-order valence-electron chi connectivity index (χ0n) is 39.1. The molecule has 0 amide bonds. The van der Waals surface area contributed by atoms with Gasteiger partial charge in [0.2, 0.25) is 0 Å². The van der Waals surface area contributed by atoms with Crippen molar-refractivity contribution in [1.82, 2.24) is 0 Å². The van der Waals surface area contributed by atoms with Gasteiger partial charge in [0.1, 0.15) is 13.2 Å². The minimum atomic E-state index is -0.762. The summed E-state index contributed by atoms with van der Waals surface area (Å²) in [5, 5.41) is 0. The zero-order valence-corrected chi connectivity index (χ0v) is 39.1. The van der Waals surface area contributed by atoms with Crippen LogP contribution in [0.25, 0.3) is 0 Å². The van der Waals surface area contributed by atoms with Gasteiger partial charge in [-0.3, -0.25) is 14.4 Å². The summed E-state index contributed by atoms with van der Waals surface area (Å²) in [5.74, 6) is 1.61. The Balaban J connectivity index is 4.25. The van der Waals surface area contributed by atoms with Crippen molar-refractivity contribution in [1.29, 1.82) is 0 Å². The van der Waals surface area contributed by atoms with Crippen molar-refractivity contribution in [3.8, 4) is 0 Å². The fraction of sp³-hybridized carbons (Fsp3) is 0.941. The monoisotopic (exact) mass is 807 g/mol. The van der Waals surface area contributed by atoms with Gasteiger partial charge in [-0.15, -0.1) is 0 Å². The molecule has 0 heterocycles. The van der Waals surface area contributed by atoms with E-state index in [1.165, 1.54) is 154 Å². The summed E-state index contributed by atoms with van der Waals surface area (Å²) in [6.07, 6.45) is 41.0. The summed E-state index contributed by atoms with van der Waals surface area (Å²) < 4.78 is 16.8. The SMILES string of the molecule is CCC(C)CCCCCCCCCCCCCCCCC(=O)OC[C@H](COC(=O)CCCCCCCCCCC(C)C)OC(=O)CCCCCCCCCC(C)C. The minimum Gasteiger partial charge on any atom is -0.462 e. The lowest BCUT2D eigenvalue weighted by Gasteiger charge is -2.18. The number of hydrogen-bond acceptors (Lipinski definition) is 6. The molecule has 0 saturated heterocycles. The highest BCUT2D eigenvalue weighted by atomic mass is 16.6. The average Bonchev–Trinajstić information content (AvgIpc) is 3.18. The molecule has 57 heavy (non-hydrogen) atoms. The Bertz CT molecular complexity index is 885. The third-order valence-corrected chi connectivity index (χ3v) is 11.8. The maximum atomic E-state index is 12.7. The van der Waals surface area contributed by atoms with Crippen LogP contribution >= 0.6 is 0 Å². The molecule has 0 aliphatic rings. The number of unbranched alkanes of at least 4 members (excludes halogenated alkanes) is 26. The van der Waals surface area contributed by atoms with Crippen LogP contribution in [0.1, 0.15) is 273 Å². The van der Waals surface area contributed by atoms with Gasteiger partial charge >= 0.3 is 17.9 Å². The van der Waals surface area contributed by atoms with E-state index in [2.05, 4.69) is 41.5 Å². The maximum Gasteiger partial charge on any atom is 0.306 e. The number of carbonyl (C=O) groups excluding carboxylic acids is 3. The maximum absolute atomic E-state index is 12.7. The Kier molecular flexibility index (Phi) is 41.3. The Morgan fingerprint density at radius 1 is 0.351 bits per heavy atom. The second-order valence-electron chi connectivity index (χ2n) is 18.6. The molecule has 0 rings (SSSR count). The van der Waals surface area contributed by atoms with E-state index in [-0.39, 0.29) is 31.1 Å². The van der Waals surface area contributed by atoms with E-state index in [1.807, 2.05) is 0 Å². The first kappa shape index (κ1) is 55.4. The summed E-state index contributed by atoms with van der Waals surface area (Å²) in [4.78, 5) is 37.8. The van der Waals surface area contributed by atoms with E-state index in [0.29, 0.717) is 19.3 Å². The first-order valence-electron chi connectivity index (χ1n) is 25.1. The molecular weight excluding hydrogens is 709 g/mol. The third kappa shape index (κ3) is 43.8. The Morgan fingerprint density at radius 3 is 0.912 bits per heavy atom. The first-order valence-corrected chi connectivity index (χ1v) is 25.1. The normalized spacial score (nSPS) is 12.6. The first-order chi connectivity index (χ1) is 27.6. The predicted octanol–water partition coefficient (Wildman–Crippen LogP) is 16.0. The van der Waals surface area contributed by atoms with E-state index >= 15 is 0 Å². The lowest BCUT2D eigenvalue weighted by Crippen LogP contribution is -2.30. The molecule has 0 aliphatic carbocycles. The lowest BCUT2D eigenvalue weighted by atomic mass is 9.99. The molecule has 1 unspecified atom stereocenters. The van der Waals surface area contributed by atoms with Gasteiger partial charge < -0.3 is 14.2 Å². The minimum absolute atomic E-state index is 0.0658. The molecule has 0 saturated carbocycles. The molecule has 0 fully saturated rings. The van der Waals surface area contributed by atoms with Crippen molar-refractivity contribution in [2.45, 2.75) is 279 Å². The van der Waals surface area contributed by atoms with Crippen LogP contribution in [0, 0.1) is 17.8 Å².